The molecule has 0 aliphatic heterocycles. The molecule has 0 aliphatic carbocycles. The van der Waals surface area contributed by atoms with E-state index in [1.807, 2.05) is 24.3 Å². The van der Waals surface area contributed by atoms with Crippen LogP contribution in [-0.2, 0) is 0 Å². The van der Waals surface area contributed by atoms with Crippen LogP contribution in [0.25, 0.3) is 11.3 Å². The van der Waals surface area contributed by atoms with Crippen LogP contribution in [0, 0.1) is 0 Å². The highest BCUT2D eigenvalue weighted by Crippen LogP contribution is 2.24. The Hall–Kier alpha value is -1.29. The summed E-state index contributed by atoms with van der Waals surface area (Å²) < 4.78 is 0.886. The fourth-order valence-corrected chi connectivity index (χ4v) is 1.55. The average molecular weight is 238 g/mol. The first kappa shape index (κ1) is 8.31. The molecule has 0 radical (unpaired) electrons. The third-order valence-electron chi connectivity index (χ3n) is 1.78. The van der Waals surface area contributed by atoms with E-state index in [1.165, 1.54) is 0 Å². The minimum Gasteiger partial charge on any atom is -0.399 e. The fraction of sp³-hybridized carbons (Fsp3) is 0. The number of rotatable bonds is 1. The van der Waals surface area contributed by atoms with Gasteiger partial charge in [0.25, 0.3) is 0 Å². The standard InChI is InChI=1S/C9H8BrN3/c10-9-8(12-5-13-9)6-1-3-7(11)4-2-6/h1-5H,11H2,(H,12,13). The number of nitrogens with one attached hydrogen (secondary N) is 1. The van der Waals surface area contributed by atoms with E-state index in [4.69, 9.17) is 5.73 Å². The second-order valence-corrected chi connectivity index (χ2v) is 3.48. The highest BCUT2D eigenvalue weighted by molar-refractivity contribution is 9.10. The van der Waals surface area contributed by atoms with Gasteiger partial charge in [0, 0.05) is 11.3 Å². The number of nitrogen functional groups attached to an aromatic ring is 1. The van der Waals surface area contributed by atoms with Crippen molar-refractivity contribution in [3.63, 3.8) is 0 Å². The van der Waals surface area contributed by atoms with Crippen molar-refractivity contribution >= 4 is 21.6 Å². The minimum absolute atomic E-state index is 0.760. The lowest BCUT2D eigenvalue weighted by molar-refractivity contribution is 1.30. The van der Waals surface area contributed by atoms with Crippen LogP contribution in [0.15, 0.2) is 35.2 Å². The van der Waals surface area contributed by atoms with Gasteiger partial charge in [-0.15, -0.1) is 0 Å². The Bertz CT molecular complexity index is 405. The maximum atomic E-state index is 5.58. The maximum absolute atomic E-state index is 5.58. The molecule has 4 heteroatoms. The van der Waals surface area contributed by atoms with Crippen molar-refractivity contribution in [2.45, 2.75) is 0 Å². The second kappa shape index (κ2) is 3.22. The van der Waals surface area contributed by atoms with Crippen molar-refractivity contribution in [3.8, 4) is 11.3 Å². The largest absolute Gasteiger partial charge is 0.399 e. The van der Waals surface area contributed by atoms with Crippen molar-refractivity contribution in [2.75, 3.05) is 5.73 Å². The van der Waals surface area contributed by atoms with Crippen LogP contribution >= 0.6 is 15.9 Å². The minimum atomic E-state index is 0.760. The van der Waals surface area contributed by atoms with E-state index in [-0.39, 0.29) is 0 Å². The molecule has 0 saturated carbocycles. The molecule has 0 aliphatic rings. The van der Waals surface area contributed by atoms with Crippen molar-refractivity contribution in [2.24, 2.45) is 0 Å². The van der Waals surface area contributed by atoms with Gasteiger partial charge in [-0.25, -0.2) is 4.98 Å². The number of hydrogen-bond acceptors (Lipinski definition) is 2. The van der Waals surface area contributed by atoms with E-state index in [9.17, 15) is 0 Å². The number of nitrogens with zero attached hydrogens (tertiary/aromatic N) is 1. The molecule has 0 spiro atoms. The predicted octanol–water partition coefficient (Wildman–Crippen LogP) is 2.42. The summed E-state index contributed by atoms with van der Waals surface area (Å²) in [6.07, 6.45) is 1.65. The number of halogens is 1. The Labute approximate surface area is 84.1 Å². The monoisotopic (exact) mass is 237 g/mol. The van der Waals surface area contributed by atoms with Gasteiger partial charge in [-0.3, -0.25) is 0 Å². The SMILES string of the molecule is Nc1ccc(-c2nc[nH]c2Br)cc1. The smallest absolute Gasteiger partial charge is 0.110 e. The van der Waals surface area contributed by atoms with E-state index in [0.29, 0.717) is 0 Å². The molecule has 66 valence electrons. The Morgan fingerprint density at radius 3 is 2.46 bits per heavy atom. The Morgan fingerprint density at radius 2 is 1.92 bits per heavy atom. The molecule has 3 N–H and O–H groups in total. The highest BCUT2D eigenvalue weighted by atomic mass is 79.9. The van der Waals surface area contributed by atoms with Gasteiger partial charge in [0.05, 0.1) is 6.33 Å². The molecule has 1 aromatic carbocycles. The number of anilines is 1. The van der Waals surface area contributed by atoms with Crippen LogP contribution in [0.4, 0.5) is 5.69 Å². The van der Waals surface area contributed by atoms with Crippen LogP contribution in [0.3, 0.4) is 0 Å². The zero-order valence-electron chi connectivity index (χ0n) is 6.79. The normalized spacial score (nSPS) is 10.2. The fourth-order valence-electron chi connectivity index (χ4n) is 1.12. The van der Waals surface area contributed by atoms with E-state index in [1.54, 1.807) is 6.33 Å². The first-order valence-corrected chi connectivity index (χ1v) is 4.61. The second-order valence-electron chi connectivity index (χ2n) is 2.69. The van der Waals surface area contributed by atoms with E-state index in [2.05, 4.69) is 25.9 Å². The molecule has 3 nitrogen and oxygen atoms in total. The van der Waals surface area contributed by atoms with Crippen molar-refractivity contribution in [1.29, 1.82) is 0 Å². The molecule has 0 saturated heterocycles. The summed E-state index contributed by atoms with van der Waals surface area (Å²) in [5.41, 5.74) is 8.28. The highest BCUT2D eigenvalue weighted by Gasteiger charge is 2.04. The summed E-state index contributed by atoms with van der Waals surface area (Å²) in [6.45, 7) is 0. The van der Waals surface area contributed by atoms with Crippen molar-refractivity contribution < 1.29 is 0 Å². The lowest BCUT2D eigenvalue weighted by atomic mass is 10.1. The summed E-state index contributed by atoms with van der Waals surface area (Å²) in [7, 11) is 0. The number of nitrogens with two attached hydrogens (primary N) is 1. The lowest BCUT2D eigenvalue weighted by Gasteiger charge is -1.97. The zero-order chi connectivity index (χ0) is 9.26. The van der Waals surface area contributed by atoms with Crippen LogP contribution < -0.4 is 5.73 Å². The van der Waals surface area contributed by atoms with E-state index >= 15 is 0 Å². The first-order valence-electron chi connectivity index (χ1n) is 3.82. The Morgan fingerprint density at radius 1 is 1.23 bits per heavy atom. The number of aromatic nitrogens is 2. The van der Waals surface area contributed by atoms with Crippen molar-refractivity contribution in [1.82, 2.24) is 9.97 Å². The number of benzene rings is 1. The van der Waals surface area contributed by atoms with Crippen LogP contribution in [0.5, 0.6) is 0 Å². The number of hydrogen-bond donors (Lipinski definition) is 2. The molecule has 0 bridgehead atoms. The number of imidazole rings is 1. The molecule has 0 atom stereocenters. The maximum Gasteiger partial charge on any atom is 0.110 e. The summed E-state index contributed by atoms with van der Waals surface area (Å²) >= 11 is 3.37. The average Bonchev–Trinajstić information content (AvgIpc) is 2.53. The van der Waals surface area contributed by atoms with Crippen LogP contribution in [-0.4, -0.2) is 9.97 Å². The van der Waals surface area contributed by atoms with Gasteiger partial charge >= 0.3 is 0 Å². The molecule has 1 heterocycles. The third-order valence-corrected chi connectivity index (χ3v) is 2.38. The molecule has 2 rings (SSSR count). The molecule has 0 unspecified atom stereocenters. The zero-order valence-corrected chi connectivity index (χ0v) is 8.38. The first-order chi connectivity index (χ1) is 6.27. The summed E-state index contributed by atoms with van der Waals surface area (Å²) in [4.78, 5) is 7.13. The summed E-state index contributed by atoms with van der Waals surface area (Å²) in [6, 6.07) is 7.60. The third kappa shape index (κ3) is 1.58. The number of aromatic amines is 1. The Kier molecular flexibility index (Phi) is 2.06. The van der Waals surface area contributed by atoms with Crippen LogP contribution in [0.1, 0.15) is 0 Å². The van der Waals surface area contributed by atoms with Gasteiger partial charge in [0.15, 0.2) is 0 Å². The van der Waals surface area contributed by atoms with Gasteiger partial charge in [-0.2, -0.15) is 0 Å². The quantitative estimate of drug-likeness (QED) is 0.749. The van der Waals surface area contributed by atoms with Crippen LogP contribution in [0.2, 0.25) is 0 Å². The summed E-state index contributed by atoms with van der Waals surface area (Å²) in [5, 5.41) is 0. The molecule has 0 fully saturated rings. The topological polar surface area (TPSA) is 54.7 Å². The van der Waals surface area contributed by atoms with Crippen molar-refractivity contribution in [3.05, 3.63) is 35.2 Å². The van der Waals surface area contributed by atoms with Gasteiger partial charge < -0.3 is 10.7 Å². The van der Waals surface area contributed by atoms with Gasteiger partial charge in [-0.05, 0) is 28.1 Å². The van der Waals surface area contributed by atoms with Gasteiger partial charge in [0.2, 0.25) is 0 Å². The lowest BCUT2D eigenvalue weighted by Crippen LogP contribution is -1.84. The number of H-pyrrole nitrogens is 1. The molecule has 2 aromatic rings. The molecule has 1 aromatic heterocycles. The molecule has 0 amide bonds. The predicted molar refractivity (Wildman–Crippen MR) is 56.1 cm³/mol. The van der Waals surface area contributed by atoms with E-state index < -0.39 is 0 Å². The van der Waals surface area contributed by atoms with E-state index in [0.717, 1.165) is 21.5 Å². The molecular weight excluding hydrogens is 230 g/mol. The summed E-state index contributed by atoms with van der Waals surface area (Å²) in [5.74, 6) is 0. The Balaban J connectivity index is 2.47. The van der Waals surface area contributed by atoms with Gasteiger partial charge in [0.1, 0.15) is 10.3 Å². The molecule has 13 heavy (non-hydrogen) atoms. The van der Waals surface area contributed by atoms with Gasteiger partial charge in [-0.1, -0.05) is 12.1 Å². The molecular formula is C9H8BrN3.